The van der Waals surface area contributed by atoms with Crippen LogP contribution in [0, 0.1) is 11.3 Å². The van der Waals surface area contributed by atoms with Crippen LogP contribution < -0.4 is 21.3 Å². The topological polar surface area (TPSA) is 207 Å². The lowest BCUT2D eigenvalue weighted by atomic mass is 9.95. The molecule has 16 nitrogen and oxygen atoms in total. The van der Waals surface area contributed by atoms with Crippen LogP contribution in [0.1, 0.15) is 71.0 Å². The second-order valence-electron chi connectivity index (χ2n) is 17.2. The molecule has 396 valence electrons. The molecular formula is C57H73N7O9S. The number of nitrogens with two attached hydrogens (primary N) is 1. The molecule has 0 atom stereocenters. The second kappa shape index (κ2) is 34.0. The zero-order chi connectivity index (χ0) is 53.5. The van der Waals surface area contributed by atoms with Crippen LogP contribution in [0.3, 0.4) is 0 Å². The second-order valence-corrected chi connectivity index (χ2v) is 18.2. The van der Waals surface area contributed by atoms with Crippen LogP contribution in [0.2, 0.25) is 0 Å². The molecule has 0 aliphatic carbocycles. The fraction of sp³-hybridized carbons (Fsp3) is 0.404. The number of hydrogen-bond donors (Lipinski definition) is 3. The summed E-state index contributed by atoms with van der Waals surface area (Å²) in [4.78, 5) is 58.4. The third-order valence-electron chi connectivity index (χ3n) is 11.5. The highest BCUT2D eigenvalue weighted by molar-refractivity contribution is 8.16. The molecule has 0 saturated carbocycles. The van der Waals surface area contributed by atoms with Crippen molar-refractivity contribution in [2.75, 3.05) is 104 Å². The van der Waals surface area contributed by atoms with Crippen LogP contribution >= 0.6 is 11.8 Å². The first-order chi connectivity index (χ1) is 35.9. The predicted octanol–water partition coefficient (Wildman–Crippen LogP) is 7.51. The van der Waals surface area contributed by atoms with E-state index < -0.39 is 0 Å². The number of carbonyl (C=O) groups excluding carboxylic acids is 4. The highest BCUT2D eigenvalue weighted by Crippen LogP contribution is 2.32. The zero-order valence-corrected chi connectivity index (χ0v) is 44.3. The van der Waals surface area contributed by atoms with Gasteiger partial charge in [0.15, 0.2) is 0 Å². The summed E-state index contributed by atoms with van der Waals surface area (Å²) in [5.74, 6) is -0.715. The Morgan fingerprint density at radius 1 is 0.716 bits per heavy atom. The van der Waals surface area contributed by atoms with Crippen LogP contribution in [0.5, 0.6) is 0 Å². The van der Waals surface area contributed by atoms with Crippen LogP contribution in [0.4, 0.5) is 5.69 Å². The van der Waals surface area contributed by atoms with Crippen molar-refractivity contribution in [1.29, 1.82) is 5.26 Å². The third-order valence-corrected chi connectivity index (χ3v) is 12.2. The fourth-order valence-electron chi connectivity index (χ4n) is 7.66. The normalized spacial score (nSPS) is 13.5. The number of allylic oxidation sites excluding steroid dienone is 4. The number of amides is 4. The average Bonchev–Trinajstić information content (AvgIpc) is 3.63. The van der Waals surface area contributed by atoms with Gasteiger partial charge in [0.05, 0.1) is 71.1 Å². The minimum Gasteiger partial charge on any atom is -0.399 e. The van der Waals surface area contributed by atoms with E-state index in [1.165, 1.54) is 29.0 Å². The van der Waals surface area contributed by atoms with Gasteiger partial charge in [-0.15, -0.1) is 0 Å². The molecule has 17 heteroatoms. The molecule has 0 saturated heterocycles. The van der Waals surface area contributed by atoms with Crippen molar-refractivity contribution >= 4 is 46.1 Å². The number of aliphatic imine (C=N–C) groups is 1. The first-order valence-corrected chi connectivity index (χ1v) is 25.7. The van der Waals surface area contributed by atoms with E-state index in [0.29, 0.717) is 114 Å². The average molecular weight is 1030 g/mol. The van der Waals surface area contributed by atoms with Gasteiger partial charge in [-0.3, -0.25) is 24.2 Å². The molecule has 2 aliphatic rings. The SMILES string of the molecule is C=C/C(N)=C\C=C(C)C.C=CSC(/C=C(\C#N)C(=O)N1CCCc2ccc(C(=O)NCCOCCOCCOCCOCCOCCNC(=O)c3ccc(-c4ccc5c(c4)CCCN5C(C)=O)cc3)cc2C1)=NC. The molecule has 0 bridgehead atoms. The van der Waals surface area contributed by atoms with Gasteiger partial charge in [0, 0.05) is 69.2 Å². The predicted molar refractivity (Wildman–Crippen MR) is 294 cm³/mol. The summed E-state index contributed by atoms with van der Waals surface area (Å²) in [7, 11) is 1.59. The Balaban J connectivity index is 0.00000120. The molecule has 0 unspecified atom stereocenters. The Kier molecular flexibility index (Phi) is 27.5. The number of hydrogen-bond acceptors (Lipinski definition) is 13. The molecule has 2 aliphatic heterocycles. The summed E-state index contributed by atoms with van der Waals surface area (Å²) in [5, 5.41) is 17.6. The van der Waals surface area contributed by atoms with E-state index in [1.807, 2.05) is 85.5 Å². The molecule has 5 rings (SSSR count). The number of aryl methyl sites for hydroxylation is 2. The number of rotatable bonds is 26. The first-order valence-electron chi connectivity index (χ1n) is 24.9. The summed E-state index contributed by atoms with van der Waals surface area (Å²) in [6.45, 7) is 19.0. The number of thioether (sulfide) groups is 1. The van der Waals surface area contributed by atoms with E-state index >= 15 is 0 Å². The minimum absolute atomic E-state index is 0.00207. The van der Waals surface area contributed by atoms with Gasteiger partial charge in [-0.05, 0) is 127 Å². The summed E-state index contributed by atoms with van der Waals surface area (Å²) in [6, 6.07) is 21.2. The minimum atomic E-state index is -0.371. The maximum Gasteiger partial charge on any atom is 0.264 e. The lowest BCUT2D eigenvalue weighted by Gasteiger charge is -2.29. The molecule has 4 amide bonds. The van der Waals surface area contributed by atoms with Gasteiger partial charge in [-0.1, -0.05) is 60.8 Å². The summed E-state index contributed by atoms with van der Waals surface area (Å²) in [6.07, 6.45) is 10.3. The number of benzene rings is 3. The number of fused-ring (bicyclic) bond motifs is 2. The number of nitrogens with zero attached hydrogens (tertiary/aromatic N) is 4. The number of anilines is 1. The van der Waals surface area contributed by atoms with Gasteiger partial charge in [0.1, 0.15) is 11.6 Å². The highest BCUT2D eigenvalue weighted by atomic mass is 32.2. The summed E-state index contributed by atoms with van der Waals surface area (Å²) < 4.78 is 27.8. The summed E-state index contributed by atoms with van der Waals surface area (Å²) in [5.41, 5.74) is 14.6. The Labute approximate surface area is 441 Å². The number of nitriles is 1. The summed E-state index contributed by atoms with van der Waals surface area (Å²) >= 11 is 1.24. The molecular weight excluding hydrogens is 959 g/mol. The number of carbonyl (C=O) groups is 4. The van der Waals surface area contributed by atoms with Gasteiger partial charge in [0.25, 0.3) is 17.7 Å². The monoisotopic (exact) mass is 1030 g/mol. The molecule has 74 heavy (non-hydrogen) atoms. The Bertz CT molecular complexity index is 2510. The third kappa shape index (κ3) is 21.1. The van der Waals surface area contributed by atoms with Gasteiger partial charge in [-0.25, -0.2) is 0 Å². The van der Waals surface area contributed by atoms with E-state index in [-0.39, 0.29) is 29.2 Å². The zero-order valence-electron chi connectivity index (χ0n) is 43.5. The van der Waals surface area contributed by atoms with E-state index in [1.54, 1.807) is 36.4 Å². The first kappa shape index (κ1) is 59.9. The van der Waals surface area contributed by atoms with Crippen LogP contribution in [-0.2, 0) is 52.7 Å². The largest absolute Gasteiger partial charge is 0.399 e. The standard InChI is InChI=1S/C49H60N6O9S.C8H13N/c1-4-65-46(51-3)33-43(34-50)49(59)54-19-5-7-37-11-14-42(32-44(37)35-54)48(58)53-18-22-61-24-26-63-28-30-64-29-27-62-25-23-60-21-17-52-47(57)39-12-9-38(10-13-39)40-15-16-45-41(31-40)8-6-20-55(45)36(2)56;1-4-8(9)6-5-7(2)3/h4,9-16,31-33H,1,5-8,17-30,35H2,2-3H3,(H,52,57)(H,53,58);4-6H,1,9H2,2-3H3/b43-33+,51-46?;8-6+. The van der Waals surface area contributed by atoms with E-state index in [0.717, 1.165) is 60.2 Å². The molecule has 2 heterocycles. The number of ether oxygens (including phenoxy) is 5. The van der Waals surface area contributed by atoms with E-state index in [9.17, 15) is 24.4 Å². The van der Waals surface area contributed by atoms with Gasteiger partial charge >= 0.3 is 0 Å². The van der Waals surface area contributed by atoms with Crippen molar-refractivity contribution in [2.45, 2.75) is 53.0 Å². The van der Waals surface area contributed by atoms with Gasteiger partial charge < -0.3 is 49.9 Å². The molecule has 0 radical (unpaired) electrons. The van der Waals surface area contributed by atoms with E-state index in [4.69, 9.17) is 29.4 Å². The fourth-order valence-corrected chi connectivity index (χ4v) is 8.12. The van der Waals surface area contributed by atoms with E-state index in [2.05, 4.69) is 34.9 Å². The van der Waals surface area contributed by atoms with Gasteiger partial charge in [0.2, 0.25) is 5.91 Å². The molecule has 3 aromatic rings. The van der Waals surface area contributed by atoms with Crippen molar-refractivity contribution in [3.05, 3.63) is 148 Å². The molecule has 0 fully saturated rings. The molecule has 3 aromatic carbocycles. The van der Waals surface area contributed by atoms with Gasteiger partial charge in [-0.2, -0.15) is 5.26 Å². The van der Waals surface area contributed by atoms with Crippen molar-refractivity contribution in [3.63, 3.8) is 0 Å². The highest BCUT2D eigenvalue weighted by Gasteiger charge is 2.24. The smallest absolute Gasteiger partial charge is 0.264 e. The molecule has 0 spiro atoms. The Hall–Kier alpha value is -6.65. The molecule has 4 N–H and O–H groups in total. The lowest BCUT2D eigenvalue weighted by Crippen LogP contribution is -2.33. The number of nitrogens with one attached hydrogen (secondary N) is 2. The maximum absolute atomic E-state index is 13.3. The quantitative estimate of drug-likeness (QED) is 0.0178. The van der Waals surface area contributed by atoms with Crippen LogP contribution in [-0.4, -0.2) is 133 Å². The van der Waals surface area contributed by atoms with Crippen molar-refractivity contribution in [3.8, 4) is 17.2 Å². The Morgan fingerprint density at radius 3 is 1.82 bits per heavy atom. The van der Waals surface area contributed by atoms with Crippen molar-refractivity contribution in [2.24, 2.45) is 10.7 Å². The van der Waals surface area contributed by atoms with Crippen molar-refractivity contribution < 1.29 is 42.9 Å². The van der Waals surface area contributed by atoms with Crippen molar-refractivity contribution in [1.82, 2.24) is 15.5 Å². The van der Waals surface area contributed by atoms with Crippen LogP contribution in [0.15, 0.2) is 125 Å². The maximum atomic E-state index is 13.3. The van der Waals surface area contributed by atoms with Crippen LogP contribution in [0.25, 0.3) is 11.1 Å². The Morgan fingerprint density at radius 2 is 1.27 bits per heavy atom. The molecule has 0 aromatic heterocycles. The lowest BCUT2D eigenvalue weighted by molar-refractivity contribution is -0.127.